The zero-order valence-electron chi connectivity index (χ0n) is 17.0. The average Bonchev–Trinajstić information content (AvgIpc) is 2.87. The molecule has 1 heteroatoms. The van der Waals surface area contributed by atoms with E-state index in [4.69, 9.17) is 0 Å². The van der Waals surface area contributed by atoms with Gasteiger partial charge in [-0.1, -0.05) is 83.5 Å². The number of hydrogen-bond donors (Lipinski definition) is 0. The van der Waals surface area contributed by atoms with Gasteiger partial charge in [0.05, 0.1) is 0 Å². The summed E-state index contributed by atoms with van der Waals surface area (Å²) in [6.45, 7) is 2.83. The summed E-state index contributed by atoms with van der Waals surface area (Å²) in [6.07, 6.45) is 28.7. The number of piperidine rings is 1. The summed E-state index contributed by atoms with van der Waals surface area (Å²) in [6, 6.07) is 0.941. The molecule has 0 aromatic carbocycles. The second-order valence-corrected chi connectivity index (χ2v) is 9.50. The lowest BCUT2D eigenvalue weighted by Crippen LogP contribution is -2.48. The zero-order valence-corrected chi connectivity index (χ0v) is 17.0. The van der Waals surface area contributed by atoms with Crippen LogP contribution in [0.5, 0.6) is 0 Å². The molecule has 1 saturated heterocycles. The first kappa shape index (κ1) is 19.7. The molecule has 0 amide bonds. The molecular weight excluding hydrogens is 302 g/mol. The molecule has 0 bridgehead atoms. The minimum Gasteiger partial charge on any atom is -0.300 e. The van der Waals surface area contributed by atoms with Gasteiger partial charge in [0.15, 0.2) is 0 Å². The Hall–Kier alpha value is -0.0400. The Bertz CT molecular complexity index is 289. The maximum atomic E-state index is 3.01. The van der Waals surface area contributed by atoms with Crippen LogP contribution in [-0.2, 0) is 0 Å². The number of nitrogens with zero attached hydrogens (tertiary/aromatic N) is 1. The molecule has 3 aliphatic rings. The van der Waals surface area contributed by atoms with E-state index in [9.17, 15) is 0 Å². The third-order valence-electron chi connectivity index (χ3n) is 7.58. The Morgan fingerprint density at radius 2 is 0.720 bits per heavy atom. The molecule has 1 heterocycles. The molecule has 0 radical (unpaired) electrons. The molecule has 1 aliphatic heterocycles. The summed E-state index contributed by atoms with van der Waals surface area (Å²) in [4.78, 5) is 3.01. The third-order valence-corrected chi connectivity index (χ3v) is 7.58. The van der Waals surface area contributed by atoms with Crippen LogP contribution in [0, 0.1) is 11.8 Å². The molecule has 146 valence electrons. The van der Waals surface area contributed by atoms with E-state index in [0.29, 0.717) is 0 Å². The topological polar surface area (TPSA) is 3.24 Å². The molecule has 3 rings (SSSR count). The van der Waals surface area contributed by atoms with Gasteiger partial charge < -0.3 is 0 Å². The van der Waals surface area contributed by atoms with Crippen LogP contribution in [0.15, 0.2) is 0 Å². The highest BCUT2D eigenvalue weighted by Gasteiger charge is 2.34. The van der Waals surface area contributed by atoms with E-state index in [1.807, 2.05) is 0 Å². The highest BCUT2D eigenvalue weighted by Crippen LogP contribution is 2.37. The van der Waals surface area contributed by atoms with E-state index in [2.05, 4.69) is 4.90 Å². The first-order valence-corrected chi connectivity index (χ1v) is 12.2. The monoisotopic (exact) mass is 347 g/mol. The number of rotatable bonds is 3. The smallest absolute Gasteiger partial charge is 0.0152 e. The van der Waals surface area contributed by atoms with Crippen LogP contribution in [0.3, 0.4) is 0 Å². The molecule has 0 atom stereocenters. The van der Waals surface area contributed by atoms with Crippen molar-refractivity contribution in [1.82, 2.24) is 4.90 Å². The van der Waals surface area contributed by atoms with Crippen molar-refractivity contribution in [3.63, 3.8) is 0 Å². The maximum Gasteiger partial charge on any atom is 0.0152 e. The van der Waals surface area contributed by atoms with E-state index in [1.165, 1.54) is 135 Å². The Morgan fingerprint density at radius 3 is 1.12 bits per heavy atom. The predicted octanol–water partition coefficient (Wildman–Crippen LogP) is 7.34. The van der Waals surface area contributed by atoms with Gasteiger partial charge in [0.2, 0.25) is 0 Å². The van der Waals surface area contributed by atoms with Gasteiger partial charge in [0.25, 0.3) is 0 Å². The second-order valence-electron chi connectivity index (χ2n) is 9.50. The standard InChI is InChI=1S/C24H45N/c1-2-6-11-17-22(16-10-5-1)24(25-20-14-9-15-21-25)23-18-12-7-3-4-8-13-19-23/h22-24H,1-21H2. The third kappa shape index (κ3) is 6.56. The summed E-state index contributed by atoms with van der Waals surface area (Å²) in [5.74, 6) is 2.03. The van der Waals surface area contributed by atoms with Crippen LogP contribution in [0.4, 0.5) is 0 Å². The SMILES string of the molecule is C1CCCCC(C(C2CCCCCCCC2)N2CCCCC2)CCC1. The van der Waals surface area contributed by atoms with Crippen molar-refractivity contribution < 1.29 is 0 Å². The van der Waals surface area contributed by atoms with Crippen molar-refractivity contribution >= 4 is 0 Å². The Balaban J connectivity index is 1.71. The maximum absolute atomic E-state index is 3.01. The van der Waals surface area contributed by atoms with Gasteiger partial charge in [-0.25, -0.2) is 0 Å². The lowest BCUT2D eigenvalue weighted by molar-refractivity contribution is 0.0528. The van der Waals surface area contributed by atoms with Crippen molar-refractivity contribution in [2.24, 2.45) is 11.8 Å². The van der Waals surface area contributed by atoms with Crippen LogP contribution in [0.1, 0.15) is 122 Å². The molecule has 25 heavy (non-hydrogen) atoms. The molecule has 2 saturated carbocycles. The van der Waals surface area contributed by atoms with E-state index in [1.54, 1.807) is 0 Å². The number of likely N-dealkylation sites (tertiary alicyclic amines) is 1. The van der Waals surface area contributed by atoms with Gasteiger partial charge in [0, 0.05) is 6.04 Å². The normalized spacial score (nSPS) is 27.7. The molecule has 2 aliphatic carbocycles. The van der Waals surface area contributed by atoms with Gasteiger partial charge in [-0.3, -0.25) is 4.90 Å². The largest absolute Gasteiger partial charge is 0.300 e. The van der Waals surface area contributed by atoms with Crippen LogP contribution >= 0.6 is 0 Å². The highest BCUT2D eigenvalue weighted by atomic mass is 15.2. The lowest BCUT2D eigenvalue weighted by Gasteiger charge is -2.44. The van der Waals surface area contributed by atoms with E-state index in [0.717, 1.165) is 17.9 Å². The Kier molecular flexibility index (Phi) is 9.17. The minimum absolute atomic E-state index is 0.941. The summed E-state index contributed by atoms with van der Waals surface area (Å²) in [5, 5.41) is 0. The Morgan fingerprint density at radius 1 is 0.400 bits per heavy atom. The second kappa shape index (κ2) is 11.6. The summed E-state index contributed by atoms with van der Waals surface area (Å²) in [7, 11) is 0. The van der Waals surface area contributed by atoms with Gasteiger partial charge in [-0.2, -0.15) is 0 Å². The van der Waals surface area contributed by atoms with Crippen LogP contribution in [0.2, 0.25) is 0 Å². The fourth-order valence-electron chi connectivity index (χ4n) is 6.21. The summed E-state index contributed by atoms with van der Waals surface area (Å²) < 4.78 is 0. The van der Waals surface area contributed by atoms with Crippen molar-refractivity contribution in [2.75, 3.05) is 13.1 Å². The van der Waals surface area contributed by atoms with Crippen molar-refractivity contribution in [3.05, 3.63) is 0 Å². The van der Waals surface area contributed by atoms with Crippen LogP contribution < -0.4 is 0 Å². The zero-order chi connectivity index (χ0) is 17.2. The molecule has 3 fully saturated rings. The van der Waals surface area contributed by atoms with Gasteiger partial charge in [-0.15, -0.1) is 0 Å². The quantitative estimate of drug-likeness (QED) is 0.516. The first-order valence-electron chi connectivity index (χ1n) is 12.2. The molecule has 0 aromatic rings. The average molecular weight is 348 g/mol. The van der Waals surface area contributed by atoms with Crippen molar-refractivity contribution in [3.8, 4) is 0 Å². The highest BCUT2D eigenvalue weighted by molar-refractivity contribution is 4.88. The molecule has 0 aromatic heterocycles. The van der Waals surface area contributed by atoms with Gasteiger partial charge in [-0.05, 0) is 63.5 Å². The van der Waals surface area contributed by atoms with Crippen LogP contribution in [-0.4, -0.2) is 24.0 Å². The minimum atomic E-state index is 0.941. The van der Waals surface area contributed by atoms with Crippen molar-refractivity contribution in [1.29, 1.82) is 0 Å². The molecule has 0 N–H and O–H groups in total. The fourth-order valence-corrected chi connectivity index (χ4v) is 6.21. The van der Waals surface area contributed by atoms with E-state index < -0.39 is 0 Å². The molecule has 0 spiro atoms. The number of hydrogen-bond acceptors (Lipinski definition) is 1. The predicted molar refractivity (Wildman–Crippen MR) is 110 cm³/mol. The molecule has 1 nitrogen and oxygen atoms in total. The van der Waals surface area contributed by atoms with Crippen LogP contribution in [0.25, 0.3) is 0 Å². The lowest BCUT2D eigenvalue weighted by atomic mass is 9.76. The fraction of sp³-hybridized carbons (Fsp3) is 1.00. The summed E-state index contributed by atoms with van der Waals surface area (Å²) in [5.41, 5.74) is 0. The molecular formula is C24H45N. The van der Waals surface area contributed by atoms with Gasteiger partial charge >= 0.3 is 0 Å². The van der Waals surface area contributed by atoms with Gasteiger partial charge in [0.1, 0.15) is 0 Å². The summed E-state index contributed by atoms with van der Waals surface area (Å²) >= 11 is 0. The van der Waals surface area contributed by atoms with E-state index in [-0.39, 0.29) is 0 Å². The molecule has 0 unspecified atom stereocenters. The first-order chi connectivity index (χ1) is 12.4. The van der Waals surface area contributed by atoms with Crippen molar-refractivity contribution in [2.45, 2.75) is 128 Å². The van der Waals surface area contributed by atoms with E-state index >= 15 is 0 Å². The Labute approximate surface area is 158 Å².